The molecule has 1 aromatic heterocycles. The van der Waals surface area contributed by atoms with Crippen molar-refractivity contribution in [3.8, 4) is 0 Å². The molecule has 16 heavy (non-hydrogen) atoms. The van der Waals surface area contributed by atoms with E-state index in [2.05, 4.69) is 23.7 Å². The van der Waals surface area contributed by atoms with Crippen molar-refractivity contribution in [1.29, 1.82) is 0 Å². The number of aromatic nitrogens is 2. The maximum atomic E-state index is 4.74. The van der Waals surface area contributed by atoms with E-state index in [-0.39, 0.29) is 0 Å². The van der Waals surface area contributed by atoms with Gasteiger partial charge in [-0.2, -0.15) is 0 Å². The molecule has 0 saturated heterocycles. The van der Waals surface area contributed by atoms with Crippen LogP contribution in [0.1, 0.15) is 38.1 Å². The number of hydrogen-bond acceptors (Lipinski definition) is 2. The second-order valence-electron chi connectivity index (χ2n) is 5.51. The SMILES string of the molecule is CC(C)C1CCc2nc3n(c2C1)CCCN3. The number of imidazole rings is 1. The van der Waals surface area contributed by atoms with Crippen molar-refractivity contribution in [1.82, 2.24) is 9.55 Å². The lowest BCUT2D eigenvalue weighted by atomic mass is 9.82. The summed E-state index contributed by atoms with van der Waals surface area (Å²) in [6, 6.07) is 0. The molecule has 0 saturated carbocycles. The van der Waals surface area contributed by atoms with Crippen molar-refractivity contribution >= 4 is 5.95 Å². The number of anilines is 1. The summed E-state index contributed by atoms with van der Waals surface area (Å²) in [6.45, 7) is 6.95. The number of aryl methyl sites for hydroxylation is 1. The first-order valence-electron chi connectivity index (χ1n) is 6.58. The second-order valence-corrected chi connectivity index (χ2v) is 5.51. The zero-order valence-corrected chi connectivity index (χ0v) is 10.3. The summed E-state index contributed by atoms with van der Waals surface area (Å²) < 4.78 is 2.42. The molecule has 0 bridgehead atoms. The largest absolute Gasteiger partial charge is 0.356 e. The van der Waals surface area contributed by atoms with Crippen molar-refractivity contribution in [3.05, 3.63) is 11.4 Å². The lowest BCUT2D eigenvalue weighted by molar-refractivity contribution is 0.332. The minimum Gasteiger partial charge on any atom is -0.356 e. The van der Waals surface area contributed by atoms with Crippen LogP contribution in [0.4, 0.5) is 5.95 Å². The van der Waals surface area contributed by atoms with Crippen LogP contribution >= 0.6 is 0 Å². The zero-order valence-electron chi connectivity index (χ0n) is 10.3. The molecule has 2 heterocycles. The van der Waals surface area contributed by atoms with E-state index < -0.39 is 0 Å². The van der Waals surface area contributed by atoms with E-state index in [4.69, 9.17) is 4.98 Å². The van der Waals surface area contributed by atoms with E-state index in [1.54, 1.807) is 0 Å². The van der Waals surface area contributed by atoms with E-state index in [1.807, 2.05) is 0 Å². The van der Waals surface area contributed by atoms with E-state index in [1.165, 1.54) is 37.1 Å². The minimum absolute atomic E-state index is 0.802. The van der Waals surface area contributed by atoms with Crippen molar-refractivity contribution < 1.29 is 0 Å². The van der Waals surface area contributed by atoms with Gasteiger partial charge in [0.25, 0.3) is 0 Å². The molecule has 0 amide bonds. The monoisotopic (exact) mass is 219 g/mol. The lowest BCUT2D eigenvalue weighted by Gasteiger charge is -2.27. The summed E-state index contributed by atoms with van der Waals surface area (Å²) >= 11 is 0. The normalized spacial score (nSPS) is 23.8. The Morgan fingerprint density at radius 2 is 2.31 bits per heavy atom. The van der Waals surface area contributed by atoms with Gasteiger partial charge in [0, 0.05) is 18.8 Å². The number of fused-ring (bicyclic) bond motifs is 3. The molecule has 1 unspecified atom stereocenters. The second kappa shape index (κ2) is 3.79. The number of nitrogens with one attached hydrogen (secondary N) is 1. The van der Waals surface area contributed by atoms with Crippen LogP contribution in [0.3, 0.4) is 0 Å². The fourth-order valence-electron chi connectivity index (χ4n) is 3.02. The Kier molecular flexibility index (Phi) is 2.41. The van der Waals surface area contributed by atoms with Gasteiger partial charge in [0.05, 0.1) is 5.69 Å². The topological polar surface area (TPSA) is 29.9 Å². The summed E-state index contributed by atoms with van der Waals surface area (Å²) in [4.78, 5) is 4.74. The van der Waals surface area contributed by atoms with Gasteiger partial charge < -0.3 is 9.88 Å². The van der Waals surface area contributed by atoms with Crippen LogP contribution in [-0.4, -0.2) is 16.1 Å². The lowest BCUT2D eigenvalue weighted by Crippen LogP contribution is -2.23. The van der Waals surface area contributed by atoms with Crippen molar-refractivity contribution in [2.75, 3.05) is 11.9 Å². The number of rotatable bonds is 1. The van der Waals surface area contributed by atoms with Gasteiger partial charge in [0.15, 0.2) is 0 Å². The molecule has 0 aromatic carbocycles. The van der Waals surface area contributed by atoms with Gasteiger partial charge in [0.2, 0.25) is 5.95 Å². The molecule has 0 fully saturated rings. The Morgan fingerprint density at radius 1 is 1.44 bits per heavy atom. The van der Waals surface area contributed by atoms with Crippen molar-refractivity contribution in [3.63, 3.8) is 0 Å². The third-order valence-electron chi connectivity index (χ3n) is 4.15. The molecule has 1 aliphatic carbocycles. The molecule has 2 aliphatic rings. The van der Waals surface area contributed by atoms with Crippen LogP contribution < -0.4 is 5.32 Å². The van der Waals surface area contributed by atoms with Crippen molar-refractivity contribution in [2.45, 2.75) is 46.1 Å². The first-order valence-corrected chi connectivity index (χ1v) is 6.58. The first kappa shape index (κ1) is 10.2. The van der Waals surface area contributed by atoms with Crippen LogP contribution in [-0.2, 0) is 19.4 Å². The van der Waals surface area contributed by atoms with E-state index in [0.29, 0.717) is 0 Å². The molecule has 0 radical (unpaired) electrons. The third-order valence-corrected chi connectivity index (χ3v) is 4.15. The highest BCUT2D eigenvalue weighted by molar-refractivity contribution is 5.37. The molecule has 3 nitrogen and oxygen atoms in total. The molecule has 1 N–H and O–H groups in total. The van der Waals surface area contributed by atoms with Crippen LogP contribution in [0.15, 0.2) is 0 Å². The molecular formula is C13H21N3. The minimum atomic E-state index is 0.802. The Bertz CT molecular complexity index is 392. The van der Waals surface area contributed by atoms with Crippen LogP contribution in [0.5, 0.6) is 0 Å². The molecule has 3 heteroatoms. The summed E-state index contributed by atoms with van der Waals surface area (Å²) in [5, 5.41) is 3.42. The van der Waals surface area contributed by atoms with Crippen molar-refractivity contribution in [2.24, 2.45) is 11.8 Å². The summed E-state index contributed by atoms with van der Waals surface area (Å²) in [6.07, 6.45) is 4.98. The predicted molar refractivity (Wildman–Crippen MR) is 65.7 cm³/mol. The fourth-order valence-corrected chi connectivity index (χ4v) is 3.02. The molecule has 3 rings (SSSR count). The Balaban J connectivity index is 1.93. The fraction of sp³-hybridized carbons (Fsp3) is 0.769. The van der Waals surface area contributed by atoms with Gasteiger partial charge in [-0.1, -0.05) is 13.8 Å². The molecule has 1 aliphatic heterocycles. The highest BCUT2D eigenvalue weighted by Crippen LogP contribution is 2.32. The molecular weight excluding hydrogens is 198 g/mol. The van der Waals surface area contributed by atoms with E-state index in [9.17, 15) is 0 Å². The average molecular weight is 219 g/mol. The third kappa shape index (κ3) is 1.53. The Hall–Kier alpha value is -0.990. The van der Waals surface area contributed by atoms with Gasteiger partial charge >= 0.3 is 0 Å². The average Bonchev–Trinajstić information content (AvgIpc) is 2.66. The van der Waals surface area contributed by atoms with E-state index in [0.717, 1.165) is 30.9 Å². The number of nitrogens with zero attached hydrogens (tertiary/aromatic N) is 2. The Morgan fingerprint density at radius 3 is 3.12 bits per heavy atom. The molecule has 1 aromatic rings. The van der Waals surface area contributed by atoms with Gasteiger partial charge in [-0.3, -0.25) is 0 Å². The summed E-state index contributed by atoms with van der Waals surface area (Å²) in [5.41, 5.74) is 2.88. The molecule has 1 atom stereocenters. The smallest absolute Gasteiger partial charge is 0.203 e. The predicted octanol–water partition coefficient (Wildman–Crippen LogP) is 2.46. The summed E-state index contributed by atoms with van der Waals surface area (Å²) in [5.74, 6) is 2.78. The highest BCUT2D eigenvalue weighted by Gasteiger charge is 2.27. The van der Waals surface area contributed by atoms with Crippen LogP contribution in [0, 0.1) is 11.8 Å². The van der Waals surface area contributed by atoms with E-state index >= 15 is 0 Å². The molecule has 88 valence electrons. The quantitative estimate of drug-likeness (QED) is 0.786. The first-order chi connectivity index (χ1) is 7.75. The number of hydrogen-bond donors (Lipinski definition) is 1. The van der Waals surface area contributed by atoms with Crippen LogP contribution in [0.2, 0.25) is 0 Å². The van der Waals surface area contributed by atoms with Gasteiger partial charge in [-0.25, -0.2) is 4.98 Å². The maximum absolute atomic E-state index is 4.74. The van der Waals surface area contributed by atoms with Crippen LogP contribution in [0.25, 0.3) is 0 Å². The van der Waals surface area contributed by atoms with Gasteiger partial charge in [0.1, 0.15) is 0 Å². The standard InChI is InChI=1S/C13H21N3/c1-9(2)10-4-5-11-12(8-10)16-7-3-6-14-13(16)15-11/h9-10H,3-8H2,1-2H3,(H,14,15). The van der Waals surface area contributed by atoms with Gasteiger partial charge in [-0.15, -0.1) is 0 Å². The Labute approximate surface area is 97.3 Å². The van der Waals surface area contributed by atoms with Gasteiger partial charge in [-0.05, 0) is 37.5 Å². The maximum Gasteiger partial charge on any atom is 0.203 e. The molecule has 0 spiro atoms. The highest BCUT2D eigenvalue weighted by atomic mass is 15.2. The summed E-state index contributed by atoms with van der Waals surface area (Å²) in [7, 11) is 0. The zero-order chi connectivity index (χ0) is 11.1.